The lowest BCUT2D eigenvalue weighted by atomic mass is 10.2. The Balaban J connectivity index is 2.47. The largest absolute Gasteiger partial charge is 0.297 e. The number of hydrogen-bond acceptors (Lipinski definition) is 3. The van der Waals surface area contributed by atoms with E-state index in [4.69, 9.17) is 0 Å². The number of hydrogen-bond donors (Lipinski definition) is 1. The summed E-state index contributed by atoms with van der Waals surface area (Å²) in [4.78, 5) is 13.0. The summed E-state index contributed by atoms with van der Waals surface area (Å²) in [5.74, 6) is 0.210. The van der Waals surface area contributed by atoms with E-state index in [0.717, 1.165) is 19.5 Å². The first-order valence-electron chi connectivity index (χ1n) is 3.66. The molecule has 1 aliphatic heterocycles. The number of rotatable bonds is 1. The zero-order chi connectivity index (χ0) is 7.56. The molecule has 1 unspecified atom stereocenters. The van der Waals surface area contributed by atoms with E-state index in [1.807, 2.05) is 11.9 Å². The van der Waals surface area contributed by atoms with Crippen LogP contribution >= 0.6 is 0 Å². The summed E-state index contributed by atoms with van der Waals surface area (Å²) >= 11 is 0. The van der Waals surface area contributed by atoms with Gasteiger partial charge >= 0.3 is 0 Å². The van der Waals surface area contributed by atoms with Gasteiger partial charge in [-0.05, 0) is 26.9 Å². The van der Waals surface area contributed by atoms with Gasteiger partial charge in [0, 0.05) is 6.54 Å². The fraction of sp³-hybridized carbons (Fsp3) is 0.857. The first kappa shape index (κ1) is 7.69. The molecule has 58 valence electrons. The van der Waals surface area contributed by atoms with Crippen molar-refractivity contribution in [3.05, 3.63) is 0 Å². The molecule has 0 aromatic heterocycles. The highest BCUT2D eigenvalue weighted by Crippen LogP contribution is 2.00. The van der Waals surface area contributed by atoms with Crippen molar-refractivity contribution in [1.82, 2.24) is 10.2 Å². The monoisotopic (exact) mass is 142 g/mol. The summed E-state index contributed by atoms with van der Waals surface area (Å²) in [6.45, 7) is 3.62. The summed E-state index contributed by atoms with van der Waals surface area (Å²) in [5.41, 5.74) is 0. The van der Waals surface area contributed by atoms with Gasteiger partial charge in [-0.2, -0.15) is 0 Å². The number of Topliss-reactive ketones (excluding diaryl/α,β-unsaturated/α-hetero) is 1. The first-order chi connectivity index (χ1) is 4.72. The van der Waals surface area contributed by atoms with Crippen molar-refractivity contribution in [1.29, 1.82) is 0 Å². The molecule has 3 heteroatoms. The number of carbonyl (C=O) groups is 1. The normalized spacial score (nSPS) is 28.4. The molecule has 0 aliphatic carbocycles. The Bertz CT molecular complexity index is 136. The predicted molar refractivity (Wildman–Crippen MR) is 39.7 cm³/mol. The smallest absolute Gasteiger partial charge is 0.161 e. The average Bonchev–Trinajstić information content (AvgIpc) is 1.88. The standard InChI is InChI=1S/C7H14N2O/c1-6(10)7-8-4-3-5-9(7)2/h7-8H,3-5H2,1-2H3. The van der Waals surface area contributed by atoms with Crippen molar-refractivity contribution in [3.8, 4) is 0 Å². The second-order valence-electron chi connectivity index (χ2n) is 2.80. The lowest BCUT2D eigenvalue weighted by Gasteiger charge is -2.31. The molecule has 3 nitrogen and oxygen atoms in total. The molecule has 1 atom stereocenters. The zero-order valence-corrected chi connectivity index (χ0v) is 6.55. The molecular weight excluding hydrogens is 128 g/mol. The van der Waals surface area contributed by atoms with E-state index in [1.54, 1.807) is 6.92 Å². The summed E-state index contributed by atoms with van der Waals surface area (Å²) in [7, 11) is 1.97. The first-order valence-corrected chi connectivity index (χ1v) is 3.66. The van der Waals surface area contributed by atoms with Crippen molar-refractivity contribution in [3.63, 3.8) is 0 Å². The van der Waals surface area contributed by atoms with Gasteiger partial charge in [0.1, 0.15) is 6.17 Å². The van der Waals surface area contributed by atoms with Gasteiger partial charge in [-0.1, -0.05) is 0 Å². The maximum atomic E-state index is 10.9. The van der Waals surface area contributed by atoms with E-state index in [9.17, 15) is 4.79 Å². The number of carbonyl (C=O) groups excluding carboxylic acids is 1. The molecule has 0 amide bonds. The van der Waals surface area contributed by atoms with Gasteiger partial charge in [0.25, 0.3) is 0 Å². The lowest BCUT2D eigenvalue weighted by Crippen LogP contribution is -2.53. The minimum Gasteiger partial charge on any atom is -0.297 e. The zero-order valence-electron chi connectivity index (χ0n) is 6.55. The van der Waals surface area contributed by atoms with E-state index in [0.29, 0.717) is 0 Å². The fourth-order valence-electron chi connectivity index (χ4n) is 1.31. The molecule has 0 aromatic rings. The van der Waals surface area contributed by atoms with Crippen molar-refractivity contribution in [2.24, 2.45) is 0 Å². The molecule has 1 aliphatic rings. The lowest BCUT2D eigenvalue weighted by molar-refractivity contribution is -0.123. The van der Waals surface area contributed by atoms with E-state index < -0.39 is 0 Å². The van der Waals surface area contributed by atoms with Crippen LogP contribution in [0.25, 0.3) is 0 Å². The molecule has 1 N–H and O–H groups in total. The highest BCUT2D eigenvalue weighted by Gasteiger charge is 2.21. The summed E-state index contributed by atoms with van der Waals surface area (Å²) in [6.07, 6.45) is 1.11. The second-order valence-corrected chi connectivity index (χ2v) is 2.80. The molecular formula is C7H14N2O. The Morgan fingerprint density at radius 3 is 2.80 bits per heavy atom. The summed E-state index contributed by atoms with van der Waals surface area (Å²) in [6, 6.07) is 0. The van der Waals surface area contributed by atoms with Crippen molar-refractivity contribution in [2.75, 3.05) is 20.1 Å². The predicted octanol–water partition coefficient (Wildman–Crippen LogP) is -0.173. The van der Waals surface area contributed by atoms with Crippen LogP contribution in [0.5, 0.6) is 0 Å². The van der Waals surface area contributed by atoms with Crippen molar-refractivity contribution >= 4 is 5.78 Å². The molecule has 0 radical (unpaired) electrons. The quantitative estimate of drug-likeness (QED) is 0.551. The van der Waals surface area contributed by atoms with Gasteiger partial charge in [-0.25, -0.2) is 0 Å². The van der Waals surface area contributed by atoms with Crippen LogP contribution in [0.15, 0.2) is 0 Å². The third-order valence-corrected chi connectivity index (χ3v) is 1.85. The topological polar surface area (TPSA) is 32.3 Å². The minimum absolute atomic E-state index is 0.0336. The van der Waals surface area contributed by atoms with Crippen LogP contribution in [0.2, 0.25) is 0 Å². The van der Waals surface area contributed by atoms with Gasteiger partial charge in [-0.15, -0.1) is 0 Å². The second kappa shape index (κ2) is 3.12. The van der Waals surface area contributed by atoms with Gasteiger partial charge in [-0.3, -0.25) is 15.0 Å². The van der Waals surface area contributed by atoms with Crippen LogP contribution in [-0.4, -0.2) is 37.0 Å². The van der Waals surface area contributed by atoms with Gasteiger partial charge < -0.3 is 0 Å². The maximum absolute atomic E-state index is 10.9. The fourth-order valence-corrected chi connectivity index (χ4v) is 1.31. The molecule has 1 saturated heterocycles. The molecule has 0 aromatic carbocycles. The molecule has 1 heterocycles. The van der Waals surface area contributed by atoms with Crippen LogP contribution in [0.3, 0.4) is 0 Å². The highest BCUT2D eigenvalue weighted by molar-refractivity contribution is 5.81. The van der Waals surface area contributed by atoms with E-state index in [1.165, 1.54) is 0 Å². The Kier molecular flexibility index (Phi) is 2.40. The SMILES string of the molecule is CC(=O)C1NCCCN1C. The van der Waals surface area contributed by atoms with Crippen molar-refractivity contribution < 1.29 is 4.79 Å². The maximum Gasteiger partial charge on any atom is 0.161 e. The number of nitrogens with zero attached hydrogens (tertiary/aromatic N) is 1. The Morgan fingerprint density at radius 2 is 2.40 bits per heavy atom. The van der Waals surface area contributed by atoms with Crippen LogP contribution in [0.4, 0.5) is 0 Å². The number of ketones is 1. The number of likely N-dealkylation sites (N-methyl/N-ethyl adjacent to an activating group) is 1. The molecule has 0 spiro atoms. The minimum atomic E-state index is -0.0336. The van der Waals surface area contributed by atoms with Crippen LogP contribution in [0.1, 0.15) is 13.3 Å². The molecule has 1 rings (SSSR count). The molecule has 10 heavy (non-hydrogen) atoms. The highest BCUT2D eigenvalue weighted by atomic mass is 16.1. The van der Waals surface area contributed by atoms with Crippen molar-refractivity contribution in [2.45, 2.75) is 19.5 Å². The molecule has 0 saturated carbocycles. The third-order valence-electron chi connectivity index (χ3n) is 1.85. The Morgan fingerprint density at radius 1 is 1.70 bits per heavy atom. The Hall–Kier alpha value is -0.410. The number of nitrogens with one attached hydrogen (secondary N) is 1. The molecule has 0 bridgehead atoms. The summed E-state index contributed by atoms with van der Waals surface area (Å²) in [5, 5.41) is 3.14. The van der Waals surface area contributed by atoms with E-state index in [-0.39, 0.29) is 11.9 Å². The molecule has 1 fully saturated rings. The third kappa shape index (κ3) is 1.55. The van der Waals surface area contributed by atoms with Gasteiger partial charge in [0.15, 0.2) is 5.78 Å². The van der Waals surface area contributed by atoms with Gasteiger partial charge in [0.2, 0.25) is 0 Å². The van der Waals surface area contributed by atoms with Crippen LogP contribution in [0, 0.1) is 0 Å². The summed E-state index contributed by atoms with van der Waals surface area (Å²) < 4.78 is 0. The Labute approximate surface area is 61.4 Å². The van der Waals surface area contributed by atoms with E-state index >= 15 is 0 Å². The average molecular weight is 142 g/mol. The van der Waals surface area contributed by atoms with Gasteiger partial charge in [0.05, 0.1) is 0 Å². The van der Waals surface area contributed by atoms with Crippen LogP contribution < -0.4 is 5.32 Å². The van der Waals surface area contributed by atoms with E-state index in [2.05, 4.69) is 5.32 Å². The van der Waals surface area contributed by atoms with Crippen LogP contribution in [-0.2, 0) is 4.79 Å².